The van der Waals surface area contributed by atoms with Gasteiger partial charge in [-0.3, -0.25) is 0 Å². The van der Waals surface area contributed by atoms with Crippen molar-refractivity contribution < 1.29 is 14.2 Å². The molecule has 0 bridgehead atoms. The summed E-state index contributed by atoms with van der Waals surface area (Å²) in [4.78, 5) is 0. The molecule has 0 radical (unpaired) electrons. The Bertz CT molecular complexity index is 425. The van der Waals surface area contributed by atoms with Gasteiger partial charge in [0.1, 0.15) is 11.6 Å². The molecule has 0 saturated heterocycles. The van der Waals surface area contributed by atoms with Gasteiger partial charge in [-0.1, -0.05) is 13.0 Å². The number of ether oxygens (including phenoxy) is 1. The van der Waals surface area contributed by atoms with Crippen LogP contribution >= 0.6 is 0 Å². The van der Waals surface area contributed by atoms with E-state index in [4.69, 9.17) is 4.74 Å². The van der Waals surface area contributed by atoms with Gasteiger partial charge in [0.15, 0.2) is 0 Å². The van der Waals surface area contributed by atoms with Crippen LogP contribution in [-0.2, 0) is 0 Å². The fourth-order valence-corrected chi connectivity index (χ4v) is 2.18. The van der Waals surface area contributed by atoms with Gasteiger partial charge in [0, 0.05) is 11.6 Å². The standard InChI is InChI=1S/C17H28FNO2/c1-4-10-19-17(3,13-20)9-5-6-11-21-16-12-15(18)8-7-14(16)2/h7-8,12,19-20H,4-6,9-11,13H2,1-3H3. The maximum absolute atomic E-state index is 13.1. The number of aliphatic hydroxyl groups excluding tert-OH is 1. The highest BCUT2D eigenvalue weighted by molar-refractivity contribution is 5.32. The Labute approximate surface area is 127 Å². The smallest absolute Gasteiger partial charge is 0.126 e. The number of rotatable bonds is 10. The van der Waals surface area contributed by atoms with Crippen molar-refractivity contribution in [3.05, 3.63) is 29.6 Å². The summed E-state index contributed by atoms with van der Waals surface area (Å²) >= 11 is 0. The quantitative estimate of drug-likeness (QED) is 0.650. The third kappa shape index (κ3) is 6.44. The molecule has 0 aromatic heterocycles. The number of hydrogen-bond acceptors (Lipinski definition) is 3. The summed E-state index contributed by atoms with van der Waals surface area (Å²) in [6.07, 6.45) is 3.80. The number of halogens is 1. The zero-order valence-corrected chi connectivity index (χ0v) is 13.4. The predicted molar refractivity (Wildman–Crippen MR) is 84.3 cm³/mol. The van der Waals surface area contributed by atoms with E-state index in [-0.39, 0.29) is 18.0 Å². The molecule has 0 saturated carbocycles. The molecular formula is C17H28FNO2. The average Bonchev–Trinajstić information content (AvgIpc) is 2.48. The van der Waals surface area contributed by atoms with Crippen molar-refractivity contribution in [3.8, 4) is 5.75 Å². The van der Waals surface area contributed by atoms with Gasteiger partial charge in [-0.05, 0) is 57.7 Å². The molecule has 1 aromatic carbocycles. The van der Waals surface area contributed by atoms with E-state index in [2.05, 4.69) is 12.2 Å². The summed E-state index contributed by atoms with van der Waals surface area (Å²) in [5, 5.41) is 12.9. The third-order valence-corrected chi connectivity index (χ3v) is 3.68. The zero-order valence-electron chi connectivity index (χ0n) is 13.4. The first-order chi connectivity index (χ1) is 10.0. The van der Waals surface area contributed by atoms with Gasteiger partial charge in [-0.25, -0.2) is 4.39 Å². The summed E-state index contributed by atoms with van der Waals surface area (Å²) < 4.78 is 18.8. The highest BCUT2D eigenvalue weighted by Gasteiger charge is 2.21. The summed E-state index contributed by atoms with van der Waals surface area (Å²) in [6, 6.07) is 4.59. The van der Waals surface area contributed by atoms with Crippen molar-refractivity contribution in [3.63, 3.8) is 0 Å². The first-order valence-corrected chi connectivity index (χ1v) is 7.75. The Kier molecular flexibility index (Phi) is 7.68. The van der Waals surface area contributed by atoms with Crippen LogP contribution in [-0.4, -0.2) is 30.4 Å². The van der Waals surface area contributed by atoms with Crippen LogP contribution in [0.15, 0.2) is 18.2 Å². The van der Waals surface area contributed by atoms with E-state index in [1.165, 1.54) is 12.1 Å². The van der Waals surface area contributed by atoms with E-state index >= 15 is 0 Å². The van der Waals surface area contributed by atoms with Gasteiger partial charge in [0.25, 0.3) is 0 Å². The van der Waals surface area contributed by atoms with Crippen molar-refractivity contribution in [2.75, 3.05) is 19.8 Å². The van der Waals surface area contributed by atoms with Gasteiger partial charge in [-0.15, -0.1) is 0 Å². The molecule has 4 heteroatoms. The van der Waals surface area contributed by atoms with Crippen LogP contribution in [0, 0.1) is 12.7 Å². The van der Waals surface area contributed by atoms with Gasteiger partial charge < -0.3 is 15.2 Å². The molecule has 3 nitrogen and oxygen atoms in total. The van der Waals surface area contributed by atoms with Crippen molar-refractivity contribution in [2.24, 2.45) is 0 Å². The van der Waals surface area contributed by atoms with Gasteiger partial charge in [-0.2, -0.15) is 0 Å². The second-order valence-corrected chi connectivity index (χ2v) is 5.86. The molecule has 1 aromatic rings. The summed E-state index contributed by atoms with van der Waals surface area (Å²) in [7, 11) is 0. The molecule has 0 spiro atoms. The van der Waals surface area contributed by atoms with E-state index in [0.29, 0.717) is 12.4 Å². The molecule has 21 heavy (non-hydrogen) atoms. The van der Waals surface area contributed by atoms with Crippen molar-refractivity contribution in [1.82, 2.24) is 5.32 Å². The first kappa shape index (κ1) is 17.9. The molecular weight excluding hydrogens is 269 g/mol. The molecule has 0 aliphatic rings. The van der Waals surface area contributed by atoms with Crippen LogP contribution in [0.1, 0.15) is 45.1 Å². The molecule has 1 rings (SSSR count). The molecule has 1 atom stereocenters. The van der Waals surface area contributed by atoms with Crippen molar-refractivity contribution in [2.45, 2.75) is 52.0 Å². The second kappa shape index (κ2) is 9.00. The van der Waals surface area contributed by atoms with Crippen LogP contribution in [0.5, 0.6) is 5.75 Å². The maximum Gasteiger partial charge on any atom is 0.126 e. The summed E-state index contributed by atoms with van der Waals surface area (Å²) in [5.41, 5.74) is 0.728. The summed E-state index contributed by atoms with van der Waals surface area (Å²) in [6.45, 7) is 7.68. The van der Waals surface area contributed by atoms with Crippen LogP contribution < -0.4 is 10.1 Å². The highest BCUT2D eigenvalue weighted by atomic mass is 19.1. The van der Waals surface area contributed by atoms with Crippen LogP contribution in [0.25, 0.3) is 0 Å². The SMILES string of the molecule is CCCNC(C)(CO)CCCCOc1cc(F)ccc1C. The molecule has 1 unspecified atom stereocenters. The number of aryl methyl sites for hydroxylation is 1. The minimum absolute atomic E-state index is 0.136. The number of benzene rings is 1. The molecule has 0 amide bonds. The topological polar surface area (TPSA) is 41.5 Å². The fourth-order valence-electron chi connectivity index (χ4n) is 2.18. The first-order valence-electron chi connectivity index (χ1n) is 7.75. The maximum atomic E-state index is 13.1. The van der Waals surface area contributed by atoms with E-state index in [0.717, 1.165) is 37.8 Å². The Hall–Kier alpha value is -1.13. The lowest BCUT2D eigenvalue weighted by molar-refractivity contribution is 0.160. The molecule has 0 fully saturated rings. The number of aliphatic hydroxyl groups is 1. The molecule has 0 aliphatic carbocycles. The monoisotopic (exact) mass is 297 g/mol. The molecule has 120 valence electrons. The second-order valence-electron chi connectivity index (χ2n) is 5.86. The Morgan fingerprint density at radius 1 is 1.33 bits per heavy atom. The lowest BCUT2D eigenvalue weighted by Crippen LogP contribution is -2.46. The Balaban J connectivity index is 2.29. The van der Waals surface area contributed by atoms with E-state index in [1.54, 1.807) is 6.07 Å². The third-order valence-electron chi connectivity index (χ3n) is 3.68. The Morgan fingerprint density at radius 3 is 2.76 bits per heavy atom. The van der Waals surface area contributed by atoms with Crippen LogP contribution in [0.3, 0.4) is 0 Å². The lowest BCUT2D eigenvalue weighted by atomic mass is 9.95. The lowest BCUT2D eigenvalue weighted by Gasteiger charge is -2.28. The number of nitrogens with one attached hydrogen (secondary N) is 1. The molecule has 2 N–H and O–H groups in total. The average molecular weight is 297 g/mol. The fraction of sp³-hybridized carbons (Fsp3) is 0.647. The van der Waals surface area contributed by atoms with E-state index in [1.807, 2.05) is 13.8 Å². The van der Waals surface area contributed by atoms with Gasteiger partial charge >= 0.3 is 0 Å². The van der Waals surface area contributed by atoms with E-state index < -0.39 is 0 Å². The highest BCUT2D eigenvalue weighted by Crippen LogP contribution is 2.19. The molecule has 0 heterocycles. The predicted octanol–water partition coefficient (Wildman–Crippen LogP) is 3.43. The van der Waals surface area contributed by atoms with Gasteiger partial charge in [0.05, 0.1) is 13.2 Å². The van der Waals surface area contributed by atoms with E-state index in [9.17, 15) is 9.50 Å². The molecule has 0 aliphatic heterocycles. The summed E-state index contributed by atoms with van der Waals surface area (Å²) in [5.74, 6) is 0.344. The Morgan fingerprint density at radius 2 is 2.10 bits per heavy atom. The van der Waals surface area contributed by atoms with Crippen molar-refractivity contribution in [1.29, 1.82) is 0 Å². The van der Waals surface area contributed by atoms with Crippen molar-refractivity contribution >= 4 is 0 Å². The van der Waals surface area contributed by atoms with Crippen LogP contribution in [0.4, 0.5) is 4.39 Å². The minimum atomic E-state index is -0.271. The van der Waals surface area contributed by atoms with Crippen LogP contribution in [0.2, 0.25) is 0 Å². The normalized spacial score (nSPS) is 14.0. The minimum Gasteiger partial charge on any atom is -0.493 e. The zero-order chi connectivity index (χ0) is 15.7. The number of hydrogen-bond donors (Lipinski definition) is 2. The van der Waals surface area contributed by atoms with Gasteiger partial charge in [0.2, 0.25) is 0 Å². The number of unbranched alkanes of at least 4 members (excludes halogenated alkanes) is 1. The largest absolute Gasteiger partial charge is 0.493 e.